The fourth-order valence-corrected chi connectivity index (χ4v) is 3.58. The Morgan fingerprint density at radius 2 is 1.90 bits per heavy atom. The molecular weight excluding hydrogens is 292 g/mol. The second kappa shape index (κ2) is 5.54. The molecule has 114 valence electrons. The number of methoxy groups -OCH3 is 2. The number of benzene rings is 1. The SMILES string of the molecule is COc1ccc(S(=O)(=O)N[C@](C)(C#N)C2CC2)cc1OC. The van der Waals surface area contributed by atoms with Crippen LogP contribution in [0.25, 0.3) is 0 Å². The molecule has 7 heteroatoms. The Morgan fingerprint density at radius 3 is 2.38 bits per heavy atom. The van der Waals surface area contributed by atoms with Crippen LogP contribution in [0.1, 0.15) is 19.8 Å². The zero-order valence-electron chi connectivity index (χ0n) is 12.2. The topological polar surface area (TPSA) is 88.4 Å². The molecule has 6 nitrogen and oxygen atoms in total. The minimum Gasteiger partial charge on any atom is -0.493 e. The van der Waals surface area contributed by atoms with Gasteiger partial charge in [-0.15, -0.1) is 0 Å². The molecule has 1 aromatic carbocycles. The first-order valence-corrected chi connectivity index (χ1v) is 8.02. The van der Waals surface area contributed by atoms with Crippen LogP contribution in [0.5, 0.6) is 11.5 Å². The van der Waals surface area contributed by atoms with Crippen molar-refractivity contribution in [2.24, 2.45) is 5.92 Å². The van der Waals surface area contributed by atoms with Gasteiger partial charge in [0.1, 0.15) is 5.54 Å². The molecule has 0 aliphatic heterocycles. The smallest absolute Gasteiger partial charge is 0.242 e. The quantitative estimate of drug-likeness (QED) is 0.863. The largest absolute Gasteiger partial charge is 0.493 e. The molecule has 0 aromatic heterocycles. The van der Waals surface area contributed by atoms with E-state index in [-0.39, 0.29) is 10.8 Å². The van der Waals surface area contributed by atoms with E-state index in [1.165, 1.54) is 32.4 Å². The van der Waals surface area contributed by atoms with Gasteiger partial charge in [0.05, 0.1) is 25.2 Å². The first kappa shape index (κ1) is 15.6. The van der Waals surface area contributed by atoms with Gasteiger partial charge in [0, 0.05) is 6.07 Å². The number of hydrogen-bond acceptors (Lipinski definition) is 5. The number of rotatable bonds is 6. The van der Waals surface area contributed by atoms with E-state index in [1.54, 1.807) is 6.92 Å². The van der Waals surface area contributed by atoms with E-state index in [1.807, 2.05) is 0 Å². The van der Waals surface area contributed by atoms with Gasteiger partial charge in [-0.25, -0.2) is 8.42 Å². The van der Waals surface area contributed by atoms with Gasteiger partial charge in [0.2, 0.25) is 10.0 Å². The molecule has 1 saturated carbocycles. The molecular formula is C14H18N2O4S. The van der Waals surface area contributed by atoms with Crippen LogP contribution in [0.15, 0.2) is 23.1 Å². The van der Waals surface area contributed by atoms with E-state index in [9.17, 15) is 13.7 Å². The van der Waals surface area contributed by atoms with Crippen molar-refractivity contribution in [3.63, 3.8) is 0 Å². The van der Waals surface area contributed by atoms with Gasteiger partial charge in [-0.2, -0.15) is 9.98 Å². The second-order valence-electron chi connectivity index (χ2n) is 5.21. The number of sulfonamides is 1. The average Bonchev–Trinajstić information content (AvgIpc) is 3.30. The Morgan fingerprint density at radius 1 is 1.29 bits per heavy atom. The van der Waals surface area contributed by atoms with Crippen LogP contribution in [0, 0.1) is 17.2 Å². The molecule has 1 atom stereocenters. The summed E-state index contributed by atoms with van der Waals surface area (Å²) in [6, 6.07) is 6.40. The molecule has 1 N–H and O–H groups in total. The Kier molecular flexibility index (Phi) is 4.12. The van der Waals surface area contributed by atoms with Gasteiger partial charge in [0.25, 0.3) is 0 Å². The molecule has 0 radical (unpaired) electrons. The number of nitrogens with zero attached hydrogens (tertiary/aromatic N) is 1. The molecule has 0 spiro atoms. The summed E-state index contributed by atoms with van der Waals surface area (Å²) < 4.78 is 37.6. The lowest BCUT2D eigenvalue weighted by atomic mass is 10.0. The van der Waals surface area contributed by atoms with Crippen molar-refractivity contribution < 1.29 is 17.9 Å². The molecule has 1 aliphatic rings. The van der Waals surface area contributed by atoms with Crippen LogP contribution in [0.4, 0.5) is 0 Å². The molecule has 0 amide bonds. The highest BCUT2D eigenvalue weighted by molar-refractivity contribution is 7.89. The van der Waals surface area contributed by atoms with Gasteiger partial charge >= 0.3 is 0 Å². The van der Waals surface area contributed by atoms with Crippen LogP contribution in [0.2, 0.25) is 0 Å². The first-order valence-electron chi connectivity index (χ1n) is 6.53. The maximum absolute atomic E-state index is 12.4. The van der Waals surface area contributed by atoms with E-state index in [2.05, 4.69) is 10.8 Å². The third-order valence-corrected chi connectivity index (χ3v) is 5.21. The fraction of sp³-hybridized carbons (Fsp3) is 0.500. The highest BCUT2D eigenvalue weighted by Crippen LogP contribution is 2.40. The first-order chi connectivity index (χ1) is 9.86. The third kappa shape index (κ3) is 3.12. The minimum absolute atomic E-state index is 0.0438. The number of hydrogen-bond donors (Lipinski definition) is 1. The van der Waals surface area contributed by atoms with E-state index in [0.717, 1.165) is 12.8 Å². The van der Waals surface area contributed by atoms with E-state index < -0.39 is 15.6 Å². The van der Waals surface area contributed by atoms with Crippen molar-refractivity contribution in [2.45, 2.75) is 30.2 Å². The summed E-state index contributed by atoms with van der Waals surface area (Å²) in [6.07, 6.45) is 1.72. The maximum Gasteiger partial charge on any atom is 0.242 e. The van der Waals surface area contributed by atoms with Gasteiger partial charge in [0.15, 0.2) is 11.5 Å². The maximum atomic E-state index is 12.4. The molecule has 2 rings (SSSR count). The zero-order valence-corrected chi connectivity index (χ0v) is 13.0. The third-order valence-electron chi connectivity index (χ3n) is 3.64. The second-order valence-corrected chi connectivity index (χ2v) is 6.89. The van der Waals surface area contributed by atoms with Gasteiger partial charge in [-0.1, -0.05) is 0 Å². The van der Waals surface area contributed by atoms with Crippen LogP contribution < -0.4 is 14.2 Å². The lowest BCUT2D eigenvalue weighted by molar-refractivity contribution is 0.353. The number of ether oxygens (including phenoxy) is 2. The zero-order chi connectivity index (χ0) is 15.7. The Bertz CT molecular complexity index is 677. The predicted molar refractivity (Wildman–Crippen MR) is 76.6 cm³/mol. The lowest BCUT2D eigenvalue weighted by Gasteiger charge is -2.22. The number of nitriles is 1. The van der Waals surface area contributed by atoms with Crippen LogP contribution in [-0.2, 0) is 10.0 Å². The normalized spacial score (nSPS) is 17.6. The summed E-state index contributed by atoms with van der Waals surface area (Å²) in [5.74, 6) is 0.838. The Balaban J connectivity index is 2.34. The Labute approximate surface area is 124 Å². The fourth-order valence-electron chi connectivity index (χ4n) is 2.18. The van der Waals surface area contributed by atoms with Crippen molar-refractivity contribution in [1.29, 1.82) is 5.26 Å². The molecule has 1 aromatic rings. The Hall–Kier alpha value is -1.78. The van der Waals surface area contributed by atoms with Crippen LogP contribution in [0.3, 0.4) is 0 Å². The van der Waals surface area contributed by atoms with Crippen molar-refractivity contribution in [1.82, 2.24) is 4.72 Å². The molecule has 0 bridgehead atoms. The lowest BCUT2D eigenvalue weighted by Crippen LogP contribution is -2.46. The predicted octanol–water partition coefficient (Wildman–Crippen LogP) is 1.67. The molecule has 1 fully saturated rings. The molecule has 21 heavy (non-hydrogen) atoms. The summed E-state index contributed by atoms with van der Waals surface area (Å²) in [4.78, 5) is 0.0438. The molecule has 1 aliphatic carbocycles. The van der Waals surface area contributed by atoms with Crippen molar-refractivity contribution in [3.05, 3.63) is 18.2 Å². The summed E-state index contributed by atoms with van der Waals surface area (Å²) in [7, 11) is -0.889. The molecule has 0 saturated heterocycles. The molecule has 0 heterocycles. The van der Waals surface area contributed by atoms with E-state index >= 15 is 0 Å². The monoisotopic (exact) mass is 310 g/mol. The standard InChI is InChI=1S/C14H18N2O4S/c1-14(9-15,10-4-5-10)16-21(17,18)11-6-7-12(19-2)13(8-11)20-3/h6-8,10,16H,4-5H2,1-3H3/t14-/m1/s1. The van der Waals surface area contributed by atoms with Crippen LogP contribution in [-0.4, -0.2) is 28.2 Å². The van der Waals surface area contributed by atoms with Gasteiger partial charge in [-0.3, -0.25) is 0 Å². The highest BCUT2D eigenvalue weighted by Gasteiger charge is 2.44. The molecule has 0 unspecified atom stereocenters. The summed E-state index contributed by atoms with van der Waals surface area (Å²) in [6.45, 7) is 1.61. The van der Waals surface area contributed by atoms with Crippen molar-refractivity contribution >= 4 is 10.0 Å². The van der Waals surface area contributed by atoms with Crippen molar-refractivity contribution in [2.75, 3.05) is 14.2 Å². The van der Waals surface area contributed by atoms with E-state index in [0.29, 0.717) is 11.5 Å². The highest BCUT2D eigenvalue weighted by atomic mass is 32.2. The van der Waals surface area contributed by atoms with Gasteiger partial charge < -0.3 is 9.47 Å². The minimum atomic E-state index is -3.80. The summed E-state index contributed by atoms with van der Waals surface area (Å²) >= 11 is 0. The number of nitrogens with one attached hydrogen (secondary N) is 1. The summed E-state index contributed by atoms with van der Waals surface area (Å²) in [5.41, 5.74) is -1.08. The summed E-state index contributed by atoms with van der Waals surface area (Å²) in [5, 5.41) is 9.27. The van der Waals surface area contributed by atoms with Crippen molar-refractivity contribution in [3.8, 4) is 17.6 Å². The average molecular weight is 310 g/mol. The van der Waals surface area contributed by atoms with Crippen LogP contribution >= 0.6 is 0 Å². The van der Waals surface area contributed by atoms with E-state index in [4.69, 9.17) is 9.47 Å². The van der Waals surface area contributed by atoms with Gasteiger partial charge in [-0.05, 0) is 37.8 Å².